The number of aromatic amines is 1. The molecule has 2 saturated heterocycles. The van der Waals surface area contributed by atoms with Crippen LogP contribution in [0.25, 0.3) is 11.0 Å². The molecular formula is C20H30N6O4S2. The van der Waals surface area contributed by atoms with Gasteiger partial charge in [0.25, 0.3) is 10.2 Å². The van der Waals surface area contributed by atoms with Crippen LogP contribution in [0.4, 0.5) is 5.82 Å². The number of nitrogens with one attached hydrogen (secondary N) is 1. The predicted molar refractivity (Wildman–Crippen MR) is 122 cm³/mol. The van der Waals surface area contributed by atoms with Crippen molar-refractivity contribution in [1.29, 1.82) is 0 Å². The third-order valence-electron chi connectivity index (χ3n) is 7.13. The first kappa shape index (κ1) is 22.1. The summed E-state index contributed by atoms with van der Waals surface area (Å²) in [4.78, 5) is 14.0. The number of nitrogens with zero attached hydrogens (tertiary/aromatic N) is 5. The Morgan fingerprint density at radius 3 is 2.81 bits per heavy atom. The van der Waals surface area contributed by atoms with E-state index in [1.807, 2.05) is 12.3 Å². The van der Waals surface area contributed by atoms with E-state index in [2.05, 4.69) is 19.9 Å². The molecule has 12 heteroatoms. The fourth-order valence-corrected chi connectivity index (χ4v) is 8.80. The molecule has 10 nitrogen and oxygen atoms in total. The molecule has 0 aromatic carbocycles. The second-order valence-electron chi connectivity index (χ2n) is 9.40. The number of fused-ring (bicyclic) bond motifs is 1. The number of H-pyrrole nitrogens is 1. The van der Waals surface area contributed by atoms with Crippen LogP contribution in [0.1, 0.15) is 32.1 Å². The molecule has 176 valence electrons. The van der Waals surface area contributed by atoms with Gasteiger partial charge in [0.05, 0.1) is 22.4 Å². The molecule has 1 spiro atoms. The zero-order valence-electron chi connectivity index (χ0n) is 18.3. The van der Waals surface area contributed by atoms with E-state index in [9.17, 15) is 16.8 Å². The summed E-state index contributed by atoms with van der Waals surface area (Å²) in [6.07, 6.45) is 7.19. The lowest BCUT2D eigenvalue weighted by atomic mass is 10.0. The van der Waals surface area contributed by atoms with E-state index in [0.29, 0.717) is 39.0 Å². The molecule has 2 aromatic rings. The van der Waals surface area contributed by atoms with Crippen molar-refractivity contribution in [2.75, 3.05) is 49.6 Å². The summed E-state index contributed by atoms with van der Waals surface area (Å²) in [6.45, 7) is 2.03. The van der Waals surface area contributed by atoms with Gasteiger partial charge in [0.1, 0.15) is 17.8 Å². The minimum absolute atomic E-state index is 0.160. The van der Waals surface area contributed by atoms with Crippen molar-refractivity contribution in [3.05, 3.63) is 18.6 Å². The minimum atomic E-state index is -3.58. The Morgan fingerprint density at radius 1 is 1.28 bits per heavy atom. The van der Waals surface area contributed by atoms with E-state index in [-0.39, 0.29) is 23.0 Å². The molecular weight excluding hydrogens is 452 g/mol. The van der Waals surface area contributed by atoms with Crippen LogP contribution < -0.4 is 4.90 Å². The van der Waals surface area contributed by atoms with E-state index in [1.54, 1.807) is 17.7 Å². The summed E-state index contributed by atoms with van der Waals surface area (Å²) < 4.78 is 53.2. The van der Waals surface area contributed by atoms with E-state index < -0.39 is 20.0 Å². The van der Waals surface area contributed by atoms with Crippen molar-refractivity contribution in [3.8, 4) is 0 Å². The summed E-state index contributed by atoms with van der Waals surface area (Å²) in [5.41, 5.74) is 0.406. The molecule has 0 radical (unpaired) electrons. The summed E-state index contributed by atoms with van der Waals surface area (Å²) >= 11 is 0. The Labute approximate surface area is 189 Å². The second-order valence-corrected chi connectivity index (χ2v) is 13.6. The first-order chi connectivity index (χ1) is 15.2. The molecule has 1 aliphatic carbocycles. The third-order valence-corrected chi connectivity index (χ3v) is 11.1. The topological polar surface area (TPSA) is 120 Å². The Kier molecular flexibility index (Phi) is 5.46. The highest BCUT2D eigenvalue weighted by atomic mass is 32.2. The van der Waals surface area contributed by atoms with Crippen molar-refractivity contribution in [1.82, 2.24) is 23.6 Å². The van der Waals surface area contributed by atoms with E-state index >= 15 is 0 Å². The lowest BCUT2D eigenvalue weighted by molar-refractivity contribution is 0.249. The van der Waals surface area contributed by atoms with Gasteiger partial charge in [0, 0.05) is 39.4 Å². The van der Waals surface area contributed by atoms with Crippen molar-refractivity contribution < 1.29 is 16.8 Å². The van der Waals surface area contributed by atoms with Crippen LogP contribution in [0.5, 0.6) is 0 Å². The van der Waals surface area contributed by atoms with Gasteiger partial charge >= 0.3 is 0 Å². The first-order valence-corrected chi connectivity index (χ1v) is 14.4. The number of rotatable bonds is 7. The lowest BCUT2D eigenvalue weighted by Crippen LogP contribution is -2.59. The van der Waals surface area contributed by atoms with Gasteiger partial charge in [-0.2, -0.15) is 17.0 Å². The molecule has 3 aliphatic rings. The van der Waals surface area contributed by atoms with Crippen LogP contribution in [-0.4, -0.2) is 90.7 Å². The number of sulfone groups is 1. The molecule has 1 saturated carbocycles. The monoisotopic (exact) mass is 482 g/mol. The summed E-state index contributed by atoms with van der Waals surface area (Å²) in [6, 6.07) is 1.96. The van der Waals surface area contributed by atoms with E-state index in [0.717, 1.165) is 36.1 Å². The quantitative estimate of drug-likeness (QED) is 0.625. The maximum absolute atomic E-state index is 13.4. The maximum atomic E-state index is 13.4. The van der Waals surface area contributed by atoms with Gasteiger partial charge < -0.3 is 9.88 Å². The van der Waals surface area contributed by atoms with Crippen LogP contribution >= 0.6 is 0 Å². The number of anilines is 1. The molecule has 1 N–H and O–H groups in total. The van der Waals surface area contributed by atoms with Crippen molar-refractivity contribution in [3.63, 3.8) is 0 Å². The van der Waals surface area contributed by atoms with Gasteiger partial charge in [-0.05, 0) is 44.1 Å². The van der Waals surface area contributed by atoms with Crippen molar-refractivity contribution in [2.45, 2.75) is 37.6 Å². The molecule has 2 aliphatic heterocycles. The largest absolute Gasteiger partial charge is 0.353 e. The van der Waals surface area contributed by atoms with Gasteiger partial charge in [-0.25, -0.2) is 18.4 Å². The van der Waals surface area contributed by atoms with Gasteiger partial charge in [0.15, 0.2) is 9.84 Å². The normalized spacial score (nSPS) is 25.2. The van der Waals surface area contributed by atoms with Crippen LogP contribution in [-0.2, 0) is 20.0 Å². The third kappa shape index (κ3) is 4.02. The first-order valence-electron chi connectivity index (χ1n) is 11.2. The van der Waals surface area contributed by atoms with Crippen LogP contribution in [0.2, 0.25) is 0 Å². The number of hydrogen-bond donors (Lipinski definition) is 1. The molecule has 0 bridgehead atoms. The minimum Gasteiger partial charge on any atom is -0.353 e. The number of aromatic nitrogens is 3. The summed E-state index contributed by atoms with van der Waals surface area (Å²) in [5.74, 6) is 1.51. The highest BCUT2D eigenvalue weighted by molar-refractivity contribution is 7.91. The second kappa shape index (κ2) is 7.93. The SMILES string of the molecule is CN(CCCC1CCS(=O)(=O)C1)S(=O)(=O)N1CCN(c2ncnc3[nH]ccc23)CC12CC2. The lowest BCUT2D eigenvalue weighted by Gasteiger charge is -2.43. The Hall–Kier alpha value is -1.76. The average molecular weight is 483 g/mol. The van der Waals surface area contributed by atoms with Gasteiger partial charge in [-0.1, -0.05) is 0 Å². The Morgan fingerprint density at radius 2 is 2.09 bits per heavy atom. The standard InChI is InChI=1S/C20H30N6O4S2/c1-24(9-2-3-16-5-12-31(27,28)13-16)32(29,30)26-11-10-25(14-20(26)6-7-20)19-17-4-8-21-18(17)22-15-23-19/h4,8,15-16H,2-3,5-7,9-14H2,1H3,(H,21,22,23). The summed E-state index contributed by atoms with van der Waals surface area (Å²) in [7, 11) is -4.84. The smallest absolute Gasteiger partial charge is 0.282 e. The molecule has 1 atom stereocenters. The zero-order valence-corrected chi connectivity index (χ0v) is 19.9. The fraction of sp³-hybridized carbons (Fsp3) is 0.700. The fourth-order valence-electron chi connectivity index (χ4n) is 5.15. The molecule has 3 fully saturated rings. The van der Waals surface area contributed by atoms with Crippen molar-refractivity contribution >= 4 is 36.9 Å². The van der Waals surface area contributed by atoms with Gasteiger partial charge in [-0.3, -0.25) is 0 Å². The molecule has 1 unspecified atom stereocenters. The maximum Gasteiger partial charge on any atom is 0.282 e. The summed E-state index contributed by atoms with van der Waals surface area (Å²) in [5, 5.41) is 0.950. The highest BCUT2D eigenvalue weighted by Gasteiger charge is 2.56. The van der Waals surface area contributed by atoms with Crippen LogP contribution in [0.15, 0.2) is 18.6 Å². The Bertz CT molecular complexity index is 1210. The van der Waals surface area contributed by atoms with Crippen LogP contribution in [0.3, 0.4) is 0 Å². The Balaban J connectivity index is 1.23. The van der Waals surface area contributed by atoms with E-state index in [1.165, 1.54) is 4.31 Å². The molecule has 5 rings (SSSR count). The molecule has 2 aromatic heterocycles. The highest BCUT2D eigenvalue weighted by Crippen LogP contribution is 2.47. The molecule has 32 heavy (non-hydrogen) atoms. The van der Waals surface area contributed by atoms with Gasteiger partial charge in [-0.15, -0.1) is 0 Å². The number of piperazine rings is 1. The zero-order chi connectivity index (χ0) is 22.6. The average Bonchev–Trinajstić information content (AvgIpc) is 3.18. The van der Waals surface area contributed by atoms with Crippen LogP contribution in [0, 0.1) is 5.92 Å². The number of hydrogen-bond acceptors (Lipinski definition) is 7. The van der Waals surface area contributed by atoms with Crippen molar-refractivity contribution in [2.24, 2.45) is 5.92 Å². The van der Waals surface area contributed by atoms with E-state index in [4.69, 9.17) is 0 Å². The van der Waals surface area contributed by atoms with Gasteiger partial charge in [0.2, 0.25) is 0 Å². The predicted octanol–water partition coefficient (Wildman–Crippen LogP) is 1.00. The molecule has 4 heterocycles. The molecule has 0 amide bonds.